The number of ether oxygens (including phenoxy) is 2. The van der Waals surface area contributed by atoms with Gasteiger partial charge in [0, 0.05) is 19.2 Å². The van der Waals surface area contributed by atoms with Gasteiger partial charge < -0.3 is 30.3 Å². The summed E-state index contributed by atoms with van der Waals surface area (Å²) in [6.45, 7) is 0.373. The van der Waals surface area contributed by atoms with Gasteiger partial charge in [-0.25, -0.2) is 15.0 Å². The van der Waals surface area contributed by atoms with Crippen molar-refractivity contribution in [1.82, 2.24) is 24.8 Å². The quantitative estimate of drug-likeness (QED) is 0.276. The Kier molecular flexibility index (Phi) is 7.08. The van der Waals surface area contributed by atoms with Gasteiger partial charge in [0.05, 0.1) is 6.33 Å². The van der Waals surface area contributed by atoms with Gasteiger partial charge in [-0.05, 0) is 29.8 Å². The Bertz CT molecular complexity index is 1470. The van der Waals surface area contributed by atoms with Gasteiger partial charge in [0.15, 0.2) is 35.1 Å². The van der Waals surface area contributed by atoms with Gasteiger partial charge in [0.2, 0.25) is 0 Å². The molecule has 2 aromatic heterocycles. The van der Waals surface area contributed by atoms with Crippen LogP contribution in [0.4, 0.5) is 19.0 Å². The number of aromatic nitrogens is 4. The lowest BCUT2D eigenvalue weighted by Gasteiger charge is -2.17. The number of alkyl halides is 3. The van der Waals surface area contributed by atoms with E-state index in [1.807, 2.05) is 30.3 Å². The van der Waals surface area contributed by atoms with E-state index in [1.165, 1.54) is 30.1 Å². The first-order chi connectivity index (χ1) is 18.6. The highest BCUT2D eigenvalue weighted by Gasteiger charge is 2.47. The number of halogens is 3. The number of amides is 1. The van der Waals surface area contributed by atoms with Crippen LogP contribution in [0.2, 0.25) is 0 Å². The first-order valence-corrected chi connectivity index (χ1v) is 11.8. The largest absolute Gasteiger partial charge is 0.573 e. The molecule has 1 amide bonds. The lowest BCUT2D eigenvalue weighted by molar-refractivity contribution is -0.274. The van der Waals surface area contributed by atoms with Crippen molar-refractivity contribution >= 4 is 22.9 Å². The molecule has 0 unspecified atom stereocenters. The predicted molar refractivity (Wildman–Crippen MR) is 131 cm³/mol. The summed E-state index contributed by atoms with van der Waals surface area (Å²) in [6, 6.07) is 14.5. The number of hydrogen-bond donors (Lipinski definition) is 4. The molecule has 2 aromatic carbocycles. The van der Waals surface area contributed by atoms with Crippen LogP contribution in [0.25, 0.3) is 22.6 Å². The van der Waals surface area contributed by atoms with Crippen molar-refractivity contribution in [2.24, 2.45) is 0 Å². The molecule has 0 bridgehead atoms. The van der Waals surface area contributed by atoms with Crippen LogP contribution in [0, 0.1) is 0 Å². The monoisotopic (exact) mass is 544 g/mol. The summed E-state index contributed by atoms with van der Waals surface area (Å²) in [4.78, 5) is 25.6. The molecule has 39 heavy (non-hydrogen) atoms. The maximum atomic E-state index is 12.6. The molecule has 11 nitrogen and oxygen atoms in total. The average Bonchev–Trinajstić information content (AvgIpc) is 3.47. The number of likely N-dealkylation sites (N-methyl/N-ethyl adjacent to an activating group) is 1. The third-order valence-electron chi connectivity index (χ3n) is 6.09. The van der Waals surface area contributed by atoms with Crippen molar-refractivity contribution in [3.8, 4) is 17.1 Å². The van der Waals surface area contributed by atoms with Gasteiger partial charge >= 0.3 is 6.36 Å². The average molecular weight is 544 g/mol. The van der Waals surface area contributed by atoms with Crippen LogP contribution in [0.15, 0.2) is 60.9 Å². The molecular formula is C25H23F3N6O5. The number of anilines is 1. The predicted octanol–water partition coefficient (Wildman–Crippen LogP) is 2.37. The van der Waals surface area contributed by atoms with Crippen molar-refractivity contribution in [3.63, 3.8) is 0 Å². The highest BCUT2D eigenvalue weighted by molar-refractivity contribution is 5.85. The lowest BCUT2D eigenvalue weighted by atomic mass is 10.1. The lowest BCUT2D eigenvalue weighted by Crippen LogP contribution is -2.41. The molecule has 0 saturated carbocycles. The Balaban J connectivity index is 1.55. The van der Waals surface area contributed by atoms with Gasteiger partial charge in [0.1, 0.15) is 18.0 Å². The number of aliphatic hydroxyl groups excluding tert-OH is 2. The number of benzene rings is 2. The van der Waals surface area contributed by atoms with Crippen LogP contribution >= 0.6 is 0 Å². The van der Waals surface area contributed by atoms with Gasteiger partial charge in [-0.3, -0.25) is 9.36 Å². The Hall–Kier alpha value is -4.27. The Morgan fingerprint density at radius 2 is 1.79 bits per heavy atom. The maximum absolute atomic E-state index is 12.6. The molecule has 1 aliphatic rings. The van der Waals surface area contributed by atoms with E-state index in [-0.39, 0.29) is 11.5 Å². The molecule has 4 N–H and O–H groups in total. The number of aliphatic hydroxyl groups is 2. The fourth-order valence-electron chi connectivity index (χ4n) is 4.19. The zero-order chi connectivity index (χ0) is 27.7. The van der Waals surface area contributed by atoms with Crippen molar-refractivity contribution in [2.45, 2.75) is 37.4 Å². The number of imidazole rings is 1. The number of fused-ring (bicyclic) bond motifs is 1. The summed E-state index contributed by atoms with van der Waals surface area (Å²) in [7, 11) is 1.37. The molecule has 3 heterocycles. The smallest absolute Gasteiger partial charge is 0.406 e. The van der Waals surface area contributed by atoms with Crippen LogP contribution in [0.1, 0.15) is 11.8 Å². The molecule has 0 aliphatic carbocycles. The highest BCUT2D eigenvalue weighted by Crippen LogP contribution is 2.34. The molecule has 0 spiro atoms. The highest BCUT2D eigenvalue weighted by atomic mass is 19.4. The van der Waals surface area contributed by atoms with Crippen molar-refractivity contribution in [3.05, 3.63) is 66.5 Å². The number of carbonyl (C=O) groups is 1. The number of rotatable bonds is 7. The minimum atomic E-state index is -4.84. The zero-order valence-electron chi connectivity index (χ0n) is 20.3. The first kappa shape index (κ1) is 26.3. The van der Waals surface area contributed by atoms with Crippen LogP contribution in [-0.2, 0) is 16.1 Å². The van der Waals surface area contributed by atoms with Gasteiger partial charge in [0.25, 0.3) is 5.91 Å². The molecule has 1 aliphatic heterocycles. The minimum Gasteiger partial charge on any atom is -0.406 e. The number of nitrogens with zero attached hydrogens (tertiary/aromatic N) is 4. The Labute approximate surface area is 219 Å². The fraction of sp³-hybridized carbons (Fsp3) is 0.280. The molecule has 1 saturated heterocycles. The molecule has 5 rings (SSSR count). The zero-order valence-corrected chi connectivity index (χ0v) is 20.3. The summed E-state index contributed by atoms with van der Waals surface area (Å²) >= 11 is 0. The number of nitrogens with one attached hydrogen (secondary N) is 2. The van der Waals surface area contributed by atoms with Gasteiger partial charge in [-0.2, -0.15) is 0 Å². The van der Waals surface area contributed by atoms with E-state index < -0.39 is 42.6 Å². The van der Waals surface area contributed by atoms with E-state index >= 15 is 0 Å². The summed E-state index contributed by atoms with van der Waals surface area (Å²) in [6.07, 6.45) is -9.03. The second-order valence-electron chi connectivity index (χ2n) is 8.67. The third-order valence-corrected chi connectivity index (χ3v) is 6.09. The molecule has 204 valence electrons. The summed E-state index contributed by atoms with van der Waals surface area (Å²) in [5.74, 6) is -0.579. The topological polar surface area (TPSA) is 144 Å². The standard InChI is InChI=1S/C25H23F3N6O5/c1-29-23(37)19-17(35)18(36)24(38-19)34-12-31-16-21(30-11-13-5-3-2-4-6-13)32-20(33-22(16)34)14-7-9-15(10-8-14)39-25(26,27)28/h2-10,12,17-19,24,35-36H,11H2,1H3,(H,29,37)(H,30,32,33)/t17-,18+,19-,24+/m0/s1. The van der Waals surface area contributed by atoms with E-state index in [0.29, 0.717) is 23.4 Å². The van der Waals surface area contributed by atoms with E-state index in [9.17, 15) is 28.2 Å². The second kappa shape index (κ2) is 10.5. The first-order valence-electron chi connectivity index (χ1n) is 11.8. The van der Waals surface area contributed by atoms with Crippen molar-refractivity contribution in [1.29, 1.82) is 0 Å². The van der Waals surface area contributed by atoms with Crippen molar-refractivity contribution in [2.75, 3.05) is 12.4 Å². The SMILES string of the molecule is CNC(=O)[C@H]1O[C@@H](n2cnc3c(NCc4ccccc4)nc(-c4ccc(OC(F)(F)F)cc4)nc32)[C@H](O)[C@@H]1O. The van der Waals surface area contributed by atoms with Gasteiger partial charge in [-0.15, -0.1) is 13.2 Å². The van der Waals surface area contributed by atoms with E-state index in [4.69, 9.17) is 4.74 Å². The fourth-order valence-corrected chi connectivity index (χ4v) is 4.19. The third kappa shape index (κ3) is 5.48. The Morgan fingerprint density at radius 3 is 2.46 bits per heavy atom. The molecular weight excluding hydrogens is 521 g/mol. The normalized spacial score (nSPS) is 21.2. The van der Waals surface area contributed by atoms with Crippen LogP contribution in [0.3, 0.4) is 0 Å². The summed E-state index contributed by atoms with van der Waals surface area (Å²) < 4.78 is 48.8. The number of carbonyl (C=O) groups excluding carboxylic acids is 1. The molecule has 4 atom stereocenters. The van der Waals surface area contributed by atoms with E-state index in [1.54, 1.807) is 0 Å². The van der Waals surface area contributed by atoms with Crippen LogP contribution in [-0.4, -0.2) is 67.4 Å². The van der Waals surface area contributed by atoms with Crippen molar-refractivity contribution < 1.29 is 37.7 Å². The maximum Gasteiger partial charge on any atom is 0.573 e. The second-order valence-corrected chi connectivity index (χ2v) is 8.67. The molecule has 4 aromatic rings. The molecule has 1 fully saturated rings. The summed E-state index contributed by atoms with van der Waals surface area (Å²) in [5.41, 5.74) is 1.82. The summed E-state index contributed by atoms with van der Waals surface area (Å²) in [5, 5.41) is 26.6. The van der Waals surface area contributed by atoms with Crippen LogP contribution in [0.5, 0.6) is 5.75 Å². The van der Waals surface area contributed by atoms with E-state index in [2.05, 4.69) is 30.3 Å². The number of hydrogen-bond acceptors (Lipinski definition) is 9. The molecule has 14 heteroatoms. The van der Waals surface area contributed by atoms with Crippen LogP contribution < -0.4 is 15.4 Å². The van der Waals surface area contributed by atoms with E-state index in [0.717, 1.165) is 17.7 Å². The molecule has 0 radical (unpaired) electrons. The Morgan fingerprint density at radius 1 is 1.08 bits per heavy atom. The van der Waals surface area contributed by atoms with Gasteiger partial charge in [-0.1, -0.05) is 30.3 Å². The minimum absolute atomic E-state index is 0.134.